The molecule has 24 heavy (non-hydrogen) atoms. The lowest BCUT2D eigenvalue weighted by atomic mass is 9.97. The van der Waals surface area contributed by atoms with Gasteiger partial charge in [-0.05, 0) is 58.0 Å². The van der Waals surface area contributed by atoms with Gasteiger partial charge in [0.15, 0.2) is 0 Å². The van der Waals surface area contributed by atoms with Gasteiger partial charge in [0.1, 0.15) is 11.9 Å². The fourth-order valence-electron chi connectivity index (χ4n) is 3.49. The summed E-state index contributed by atoms with van der Waals surface area (Å²) in [6, 6.07) is 3.23. The summed E-state index contributed by atoms with van der Waals surface area (Å²) in [7, 11) is 0.230. The first-order chi connectivity index (χ1) is 11.3. The zero-order chi connectivity index (χ0) is 17.5. The van der Waals surface area contributed by atoms with Crippen LogP contribution in [0.1, 0.15) is 25.3 Å². The van der Waals surface area contributed by atoms with Crippen LogP contribution in [0.15, 0.2) is 17.0 Å². The third kappa shape index (κ3) is 3.57. The van der Waals surface area contributed by atoms with Crippen LogP contribution in [0, 0.1) is 5.92 Å². The van der Waals surface area contributed by atoms with Crippen LogP contribution in [0.4, 0.5) is 0 Å². The van der Waals surface area contributed by atoms with E-state index in [0.717, 1.165) is 31.5 Å². The molecule has 0 aromatic heterocycles. The van der Waals surface area contributed by atoms with Crippen molar-refractivity contribution in [3.8, 4) is 5.75 Å². The predicted molar refractivity (Wildman–Crippen MR) is 95.3 cm³/mol. The Morgan fingerprint density at radius 3 is 2.67 bits per heavy atom. The molecule has 0 aliphatic carbocycles. The van der Waals surface area contributed by atoms with Gasteiger partial charge in [-0.2, -0.15) is 0 Å². The minimum absolute atomic E-state index is 0.0346. The maximum absolute atomic E-state index is 12.9. The number of rotatable bonds is 4. The highest BCUT2D eigenvalue weighted by Crippen LogP contribution is 2.38. The lowest BCUT2D eigenvalue weighted by molar-refractivity contribution is 0.202. The first kappa shape index (κ1) is 18.0. The molecule has 0 N–H and O–H groups in total. The summed E-state index contributed by atoms with van der Waals surface area (Å²) in [4.78, 5) is 2.55. The van der Waals surface area contributed by atoms with Gasteiger partial charge in [0.2, 0.25) is 10.0 Å². The van der Waals surface area contributed by atoms with Crippen molar-refractivity contribution in [3.63, 3.8) is 0 Å². The largest absolute Gasteiger partial charge is 0.489 e. The molecule has 2 aliphatic heterocycles. The molecule has 1 aromatic rings. The maximum atomic E-state index is 12.9. The second kappa shape index (κ2) is 6.83. The third-order valence-corrected chi connectivity index (χ3v) is 7.06. The molecule has 0 saturated carbocycles. The summed E-state index contributed by atoms with van der Waals surface area (Å²) in [6.45, 7) is 4.56. The normalized spacial score (nSPS) is 22.6. The maximum Gasteiger partial charge on any atom is 0.242 e. The Hall–Kier alpha value is -0.820. The minimum Gasteiger partial charge on any atom is -0.489 e. The molecule has 5 nitrogen and oxygen atoms in total. The van der Waals surface area contributed by atoms with Gasteiger partial charge in [0, 0.05) is 25.6 Å². The van der Waals surface area contributed by atoms with Crippen molar-refractivity contribution in [2.45, 2.75) is 37.2 Å². The first-order valence-corrected chi connectivity index (χ1v) is 10.2. The molecular formula is C17H25ClN2O3S. The summed E-state index contributed by atoms with van der Waals surface area (Å²) >= 11 is 6.25. The second-order valence-electron chi connectivity index (χ2n) is 7.06. The van der Waals surface area contributed by atoms with Crippen LogP contribution in [-0.2, 0) is 16.4 Å². The van der Waals surface area contributed by atoms with Crippen LogP contribution in [-0.4, -0.2) is 57.5 Å². The fourth-order valence-corrected chi connectivity index (χ4v) is 5.17. The van der Waals surface area contributed by atoms with Crippen LogP contribution in [0.5, 0.6) is 5.75 Å². The number of likely N-dealkylation sites (tertiary alicyclic amines) is 1. The molecule has 0 radical (unpaired) electrons. The highest BCUT2D eigenvalue weighted by Gasteiger charge is 2.29. The van der Waals surface area contributed by atoms with Gasteiger partial charge in [-0.1, -0.05) is 11.6 Å². The Bertz CT molecular complexity index is 715. The van der Waals surface area contributed by atoms with E-state index in [1.807, 2.05) is 6.92 Å². The number of piperidine rings is 1. The Morgan fingerprint density at radius 1 is 1.33 bits per heavy atom. The minimum atomic E-state index is -3.53. The van der Waals surface area contributed by atoms with Gasteiger partial charge in [0.25, 0.3) is 0 Å². The quantitative estimate of drug-likeness (QED) is 0.815. The standard InChI is InChI=1S/C17H25ClN2O3S/c1-12-8-14-9-15(10-16(18)17(14)23-12)24(21,22)20(3)11-13-4-6-19(2)7-5-13/h9-10,12-13H,4-8,11H2,1-3H3. The first-order valence-electron chi connectivity index (χ1n) is 8.41. The van der Waals surface area contributed by atoms with Crippen LogP contribution in [0.3, 0.4) is 0 Å². The zero-order valence-corrected chi connectivity index (χ0v) is 16.0. The molecule has 1 saturated heterocycles. The molecule has 1 aromatic carbocycles. The Morgan fingerprint density at radius 2 is 2.00 bits per heavy atom. The van der Waals surface area contributed by atoms with E-state index in [9.17, 15) is 8.42 Å². The Labute approximate surface area is 149 Å². The van der Waals surface area contributed by atoms with Crippen molar-refractivity contribution in [2.24, 2.45) is 5.92 Å². The van der Waals surface area contributed by atoms with E-state index >= 15 is 0 Å². The summed E-state index contributed by atoms with van der Waals surface area (Å²) in [5.41, 5.74) is 0.876. The Kier molecular flexibility index (Phi) is 5.12. The van der Waals surface area contributed by atoms with E-state index in [2.05, 4.69) is 11.9 Å². The number of nitrogens with zero attached hydrogens (tertiary/aromatic N) is 2. The number of sulfonamides is 1. The molecule has 7 heteroatoms. The predicted octanol–water partition coefficient (Wildman–Crippen LogP) is 2.63. The summed E-state index contributed by atoms with van der Waals surface area (Å²) in [5.74, 6) is 1.04. The summed E-state index contributed by atoms with van der Waals surface area (Å²) in [5, 5.41) is 0.378. The lowest BCUT2D eigenvalue weighted by Gasteiger charge is -2.31. The highest BCUT2D eigenvalue weighted by molar-refractivity contribution is 7.89. The van der Waals surface area contributed by atoms with Crippen molar-refractivity contribution < 1.29 is 13.2 Å². The van der Waals surface area contributed by atoms with Crippen molar-refractivity contribution in [3.05, 3.63) is 22.7 Å². The van der Waals surface area contributed by atoms with Crippen molar-refractivity contribution in [1.82, 2.24) is 9.21 Å². The van der Waals surface area contributed by atoms with Crippen molar-refractivity contribution in [2.75, 3.05) is 33.7 Å². The number of ether oxygens (including phenoxy) is 1. The van der Waals surface area contributed by atoms with Crippen molar-refractivity contribution >= 4 is 21.6 Å². The summed E-state index contributed by atoms with van der Waals surface area (Å²) < 4.78 is 33.0. The number of hydrogen-bond donors (Lipinski definition) is 0. The average Bonchev–Trinajstić information content (AvgIpc) is 2.90. The van der Waals surface area contributed by atoms with Crippen molar-refractivity contribution in [1.29, 1.82) is 0 Å². The second-order valence-corrected chi connectivity index (χ2v) is 9.51. The van der Waals surface area contributed by atoms with Crippen LogP contribution in [0.25, 0.3) is 0 Å². The molecule has 2 aliphatic rings. The highest BCUT2D eigenvalue weighted by atomic mass is 35.5. The monoisotopic (exact) mass is 372 g/mol. The van der Waals surface area contributed by atoms with Crippen LogP contribution in [0.2, 0.25) is 5.02 Å². The number of halogens is 1. The van der Waals surface area contributed by atoms with E-state index in [4.69, 9.17) is 16.3 Å². The molecule has 0 bridgehead atoms. The molecule has 0 amide bonds. The zero-order valence-electron chi connectivity index (χ0n) is 14.5. The van der Waals surface area contributed by atoms with Crippen LogP contribution >= 0.6 is 11.6 Å². The number of hydrogen-bond acceptors (Lipinski definition) is 4. The number of fused-ring (bicyclic) bond motifs is 1. The fraction of sp³-hybridized carbons (Fsp3) is 0.647. The SMILES string of the molecule is CC1Cc2cc(S(=O)(=O)N(C)CC3CCN(C)CC3)cc(Cl)c2O1. The van der Waals surface area contributed by atoms with Gasteiger partial charge >= 0.3 is 0 Å². The molecule has 2 heterocycles. The van der Waals surface area contributed by atoms with Gasteiger partial charge in [-0.3, -0.25) is 0 Å². The van der Waals surface area contributed by atoms with E-state index in [0.29, 0.717) is 29.7 Å². The van der Waals surface area contributed by atoms with Gasteiger partial charge < -0.3 is 9.64 Å². The average molecular weight is 373 g/mol. The molecule has 1 atom stereocenters. The smallest absolute Gasteiger partial charge is 0.242 e. The molecule has 134 valence electrons. The van der Waals surface area contributed by atoms with Crippen LogP contribution < -0.4 is 4.74 Å². The molecule has 1 unspecified atom stereocenters. The van der Waals surface area contributed by atoms with E-state index in [1.54, 1.807) is 13.1 Å². The third-order valence-electron chi connectivity index (χ3n) is 4.98. The van der Waals surface area contributed by atoms with Gasteiger partial charge in [-0.25, -0.2) is 12.7 Å². The van der Waals surface area contributed by atoms with Gasteiger partial charge in [0.05, 0.1) is 9.92 Å². The molecular weight excluding hydrogens is 348 g/mol. The molecule has 3 rings (SSSR count). The number of benzene rings is 1. The van der Waals surface area contributed by atoms with E-state index in [-0.39, 0.29) is 11.0 Å². The topological polar surface area (TPSA) is 49.9 Å². The summed E-state index contributed by atoms with van der Waals surface area (Å²) in [6.07, 6.45) is 2.79. The van der Waals surface area contributed by atoms with Gasteiger partial charge in [-0.15, -0.1) is 0 Å². The van der Waals surface area contributed by atoms with E-state index in [1.165, 1.54) is 10.4 Å². The lowest BCUT2D eigenvalue weighted by Crippen LogP contribution is -2.37. The molecule has 1 fully saturated rings. The van der Waals surface area contributed by atoms with E-state index < -0.39 is 10.0 Å². The Balaban J connectivity index is 1.78. The molecule has 0 spiro atoms.